The fourth-order valence-electron chi connectivity index (χ4n) is 2.47. The minimum Gasteiger partial charge on any atom is -0.493 e. The van der Waals surface area contributed by atoms with Crippen LogP contribution in [0.1, 0.15) is 12.0 Å². The van der Waals surface area contributed by atoms with Gasteiger partial charge in [0.05, 0.1) is 19.8 Å². The van der Waals surface area contributed by atoms with Gasteiger partial charge >= 0.3 is 0 Å². The molecule has 1 aliphatic heterocycles. The fraction of sp³-hybridized carbons (Fsp3) is 0.333. The summed E-state index contributed by atoms with van der Waals surface area (Å²) >= 11 is 0. The summed E-state index contributed by atoms with van der Waals surface area (Å²) in [6, 6.07) is 5.43. The Balaban J connectivity index is 2.08. The van der Waals surface area contributed by atoms with Crippen molar-refractivity contribution in [1.29, 1.82) is 0 Å². The molecule has 0 amide bonds. The minimum atomic E-state index is -0.0861. The first-order valence-electron chi connectivity index (χ1n) is 6.82. The van der Waals surface area contributed by atoms with Crippen LogP contribution in [0.5, 0.6) is 11.5 Å². The molecule has 1 aromatic heterocycles. The Morgan fingerprint density at radius 1 is 1.19 bits per heavy atom. The SMILES string of the molecule is COc1ccc(-c2nc3c(c(=O)[nH]2)CCCN3)cc1OC. The van der Waals surface area contributed by atoms with E-state index in [0.29, 0.717) is 23.1 Å². The van der Waals surface area contributed by atoms with Crippen molar-refractivity contribution in [3.63, 3.8) is 0 Å². The maximum Gasteiger partial charge on any atom is 0.256 e. The van der Waals surface area contributed by atoms with Crippen LogP contribution in [0.25, 0.3) is 11.4 Å². The number of benzene rings is 1. The highest BCUT2D eigenvalue weighted by atomic mass is 16.5. The van der Waals surface area contributed by atoms with Gasteiger partial charge in [0.1, 0.15) is 11.6 Å². The van der Waals surface area contributed by atoms with E-state index in [1.807, 2.05) is 6.07 Å². The Hall–Kier alpha value is -2.50. The molecule has 0 aliphatic carbocycles. The number of fused-ring (bicyclic) bond motifs is 1. The number of ether oxygens (including phenoxy) is 2. The highest BCUT2D eigenvalue weighted by Gasteiger charge is 2.16. The van der Waals surface area contributed by atoms with Crippen molar-refractivity contribution in [2.45, 2.75) is 12.8 Å². The lowest BCUT2D eigenvalue weighted by Crippen LogP contribution is -2.24. The molecule has 0 radical (unpaired) electrons. The Labute approximate surface area is 122 Å². The van der Waals surface area contributed by atoms with Crippen LogP contribution >= 0.6 is 0 Å². The lowest BCUT2D eigenvalue weighted by Gasteiger charge is -2.17. The number of rotatable bonds is 3. The van der Waals surface area contributed by atoms with Crippen LogP contribution < -0.4 is 20.3 Å². The Bertz CT molecular complexity index is 725. The number of anilines is 1. The van der Waals surface area contributed by atoms with E-state index in [9.17, 15) is 4.79 Å². The van der Waals surface area contributed by atoms with Crippen LogP contribution in [-0.4, -0.2) is 30.7 Å². The summed E-state index contributed by atoms with van der Waals surface area (Å²) in [7, 11) is 3.16. The molecule has 0 atom stereocenters. The third-order valence-electron chi connectivity index (χ3n) is 3.57. The molecular formula is C15H17N3O3. The van der Waals surface area contributed by atoms with Gasteiger partial charge in [0, 0.05) is 12.1 Å². The second kappa shape index (κ2) is 5.47. The van der Waals surface area contributed by atoms with Crippen LogP contribution in [0, 0.1) is 0 Å². The average molecular weight is 287 g/mol. The second-order valence-corrected chi connectivity index (χ2v) is 4.84. The van der Waals surface area contributed by atoms with Gasteiger partial charge in [-0.15, -0.1) is 0 Å². The average Bonchev–Trinajstić information content (AvgIpc) is 2.54. The molecule has 6 heteroatoms. The first kappa shape index (κ1) is 13.5. The van der Waals surface area contributed by atoms with Gasteiger partial charge in [-0.1, -0.05) is 0 Å². The fourth-order valence-corrected chi connectivity index (χ4v) is 2.47. The van der Waals surface area contributed by atoms with Crippen LogP contribution in [0.4, 0.5) is 5.82 Å². The van der Waals surface area contributed by atoms with Crippen LogP contribution in [0.15, 0.2) is 23.0 Å². The van der Waals surface area contributed by atoms with Gasteiger partial charge in [-0.2, -0.15) is 0 Å². The van der Waals surface area contributed by atoms with Gasteiger partial charge in [0.25, 0.3) is 5.56 Å². The number of nitrogens with zero attached hydrogens (tertiary/aromatic N) is 1. The van der Waals surface area contributed by atoms with Gasteiger partial charge in [0.15, 0.2) is 11.5 Å². The summed E-state index contributed by atoms with van der Waals surface area (Å²) in [4.78, 5) is 19.5. The van der Waals surface area contributed by atoms with Crippen molar-refractivity contribution in [2.75, 3.05) is 26.1 Å². The van der Waals surface area contributed by atoms with E-state index in [1.54, 1.807) is 26.4 Å². The zero-order valence-electron chi connectivity index (χ0n) is 12.0. The molecule has 6 nitrogen and oxygen atoms in total. The van der Waals surface area contributed by atoms with Crippen LogP contribution in [0.3, 0.4) is 0 Å². The van der Waals surface area contributed by atoms with Gasteiger partial charge < -0.3 is 19.8 Å². The smallest absolute Gasteiger partial charge is 0.256 e. The highest BCUT2D eigenvalue weighted by molar-refractivity contribution is 5.63. The van der Waals surface area contributed by atoms with Crippen LogP contribution in [-0.2, 0) is 6.42 Å². The van der Waals surface area contributed by atoms with E-state index < -0.39 is 0 Å². The topological polar surface area (TPSA) is 76.2 Å². The first-order chi connectivity index (χ1) is 10.2. The molecule has 3 rings (SSSR count). The zero-order valence-corrected chi connectivity index (χ0v) is 12.0. The van der Waals surface area contributed by atoms with Crippen molar-refractivity contribution >= 4 is 5.82 Å². The molecule has 2 aromatic rings. The molecular weight excluding hydrogens is 270 g/mol. The number of hydrogen-bond donors (Lipinski definition) is 2. The highest BCUT2D eigenvalue weighted by Crippen LogP contribution is 2.31. The minimum absolute atomic E-state index is 0.0861. The predicted molar refractivity (Wildman–Crippen MR) is 80.2 cm³/mol. The largest absolute Gasteiger partial charge is 0.493 e. The molecule has 0 saturated carbocycles. The lowest BCUT2D eigenvalue weighted by molar-refractivity contribution is 0.355. The third kappa shape index (κ3) is 2.44. The quantitative estimate of drug-likeness (QED) is 0.900. The van der Waals surface area contributed by atoms with Crippen molar-refractivity contribution < 1.29 is 9.47 Å². The van der Waals surface area contributed by atoms with Crippen molar-refractivity contribution in [3.05, 3.63) is 34.1 Å². The summed E-state index contributed by atoms with van der Waals surface area (Å²) in [5.41, 5.74) is 1.42. The molecule has 1 aliphatic rings. The second-order valence-electron chi connectivity index (χ2n) is 4.84. The van der Waals surface area contributed by atoms with Crippen molar-refractivity contribution in [2.24, 2.45) is 0 Å². The van der Waals surface area contributed by atoms with E-state index >= 15 is 0 Å². The summed E-state index contributed by atoms with van der Waals surface area (Å²) in [5, 5.41) is 3.18. The zero-order chi connectivity index (χ0) is 14.8. The van der Waals surface area contributed by atoms with E-state index in [2.05, 4.69) is 15.3 Å². The maximum atomic E-state index is 12.1. The van der Waals surface area contributed by atoms with E-state index in [1.165, 1.54) is 0 Å². The normalized spacial score (nSPS) is 13.2. The number of nitrogens with one attached hydrogen (secondary N) is 2. The van der Waals surface area contributed by atoms with Gasteiger partial charge in [0.2, 0.25) is 0 Å². The van der Waals surface area contributed by atoms with Gasteiger partial charge in [-0.3, -0.25) is 4.79 Å². The summed E-state index contributed by atoms with van der Waals surface area (Å²) < 4.78 is 10.5. The number of aromatic amines is 1. The van der Waals surface area contributed by atoms with Crippen LogP contribution in [0.2, 0.25) is 0 Å². The first-order valence-corrected chi connectivity index (χ1v) is 6.82. The maximum absolute atomic E-state index is 12.1. The number of hydrogen-bond acceptors (Lipinski definition) is 5. The molecule has 0 fully saturated rings. The molecule has 21 heavy (non-hydrogen) atoms. The monoisotopic (exact) mass is 287 g/mol. The Morgan fingerprint density at radius 2 is 2.00 bits per heavy atom. The Kier molecular flexibility index (Phi) is 3.51. The number of methoxy groups -OCH3 is 2. The predicted octanol–water partition coefficient (Wildman–Crippen LogP) is 1.81. The van der Waals surface area contributed by atoms with Crippen molar-refractivity contribution in [1.82, 2.24) is 9.97 Å². The van der Waals surface area contributed by atoms with Gasteiger partial charge in [-0.25, -0.2) is 4.98 Å². The van der Waals surface area contributed by atoms with E-state index in [-0.39, 0.29) is 5.56 Å². The molecule has 0 saturated heterocycles. The van der Waals surface area contributed by atoms with E-state index in [4.69, 9.17) is 9.47 Å². The molecule has 110 valence electrons. The van der Waals surface area contributed by atoms with Crippen molar-refractivity contribution in [3.8, 4) is 22.9 Å². The number of H-pyrrole nitrogens is 1. The van der Waals surface area contributed by atoms with E-state index in [0.717, 1.165) is 30.5 Å². The number of aromatic nitrogens is 2. The molecule has 0 unspecified atom stereocenters. The molecule has 0 bridgehead atoms. The third-order valence-corrected chi connectivity index (χ3v) is 3.57. The summed E-state index contributed by atoms with van der Waals surface area (Å²) in [5.74, 6) is 2.44. The molecule has 1 aromatic carbocycles. The Morgan fingerprint density at radius 3 is 2.76 bits per heavy atom. The summed E-state index contributed by atoms with van der Waals surface area (Å²) in [6.45, 7) is 0.842. The molecule has 0 spiro atoms. The van der Waals surface area contributed by atoms with Gasteiger partial charge in [-0.05, 0) is 31.0 Å². The molecule has 2 heterocycles. The standard InChI is InChI=1S/C15H17N3O3/c1-20-11-6-5-9(8-12(11)21-2)13-17-14-10(15(19)18-13)4-3-7-16-14/h5-6,8H,3-4,7H2,1-2H3,(H2,16,17,18,19). The summed E-state index contributed by atoms with van der Waals surface area (Å²) in [6.07, 6.45) is 1.71. The molecule has 2 N–H and O–H groups in total. The lowest BCUT2D eigenvalue weighted by atomic mass is 10.1.